The molecule has 1 aromatic heterocycles. The van der Waals surface area contributed by atoms with Gasteiger partial charge in [0.1, 0.15) is 5.84 Å². The van der Waals surface area contributed by atoms with Crippen molar-refractivity contribution in [1.29, 1.82) is 0 Å². The lowest BCUT2D eigenvalue weighted by molar-refractivity contribution is 0.315. The molecule has 7 heteroatoms. The summed E-state index contributed by atoms with van der Waals surface area (Å²) in [5.41, 5.74) is 8.76. The minimum atomic E-state index is 0.181. The Labute approximate surface area is 127 Å². The Morgan fingerprint density at radius 3 is 2.62 bits per heavy atom. The minimum absolute atomic E-state index is 0.181. The van der Waals surface area contributed by atoms with Gasteiger partial charge in [-0.25, -0.2) is 9.62 Å². The highest BCUT2D eigenvalue weighted by Crippen LogP contribution is 2.32. The van der Waals surface area contributed by atoms with Crippen LogP contribution in [0.15, 0.2) is 21.8 Å². The van der Waals surface area contributed by atoms with E-state index in [9.17, 15) is 0 Å². The van der Waals surface area contributed by atoms with Crippen molar-refractivity contribution in [1.82, 2.24) is 10.3 Å². The smallest absolute Gasteiger partial charge is 0.163 e. The summed E-state index contributed by atoms with van der Waals surface area (Å²) in [4.78, 5) is 6.61. The third-order valence-corrected chi connectivity index (χ3v) is 3.99. The average Bonchev–Trinajstić information content (AvgIpc) is 2.84. The van der Waals surface area contributed by atoms with E-state index in [0.717, 1.165) is 24.3 Å². The molecular weight excluding hydrogens is 290 g/mol. The Morgan fingerprint density at radius 1 is 1.19 bits per heavy atom. The molecule has 0 atom stereocenters. The van der Waals surface area contributed by atoms with Crippen molar-refractivity contribution >= 4 is 39.8 Å². The molecule has 1 aromatic carbocycles. The lowest BCUT2D eigenvalue weighted by atomic mass is 10.2. The second kappa shape index (κ2) is 6.30. The van der Waals surface area contributed by atoms with Crippen molar-refractivity contribution in [3.63, 3.8) is 0 Å². The van der Waals surface area contributed by atoms with Crippen molar-refractivity contribution < 1.29 is 4.63 Å². The molecule has 2 aromatic rings. The first-order chi connectivity index (χ1) is 10.3. The van der Waals surface area contributed by atoms with Gasteiger partial charge in [0.25, 0.3) is 0 Å². The highest BCUT2D eigenvalue weighted by atomic mass is 35.5. The summed E-state index contributed by atoms with van der Waals surface area (Å²) in [6, 6.07) is 3.91. The molecule has 1 aliphatic heterocycles. The molecule has 0 bridgehead atoms. The molecule has 3 rings (SSSR count). The molecule has 0 spiro atoms. The highest BCUT2D eigenvalue weighted by molar-refractivity contribution is 6.28. The first-order valence-corrected chi connectivity index (χ1v) is 7.72. The maximum atomic E-state index is 5.70. The molecule has 1 saturated heterocycles. The Balaban J connectivity index is 2.02. The van der Waals surface area contributed by atoms with Crippen LogP contribution in [0.1, 0.15) is 25.7 Å². The van der Waals surface area contributed by atoms with Crippen LogP contribution in [0.3, 0.4) is 0 Å². The summed E-state index contributed by atoms with van der Waals surface area (Å²) in [5.74, 6) is 0.532. The summed E-state index contributed by atoms with van der Waals surface area (Å²) in [7, 11) is 0. The van der Waals surface area contributed by atoms with Crippen LogP contribution in [-0.2, 0) is 0 Å². The molecule has 21 heavy (non-hydrogen) atoms. The maximum Gasteiger partial charge on any atom is 0.163 e. The molecule has 2 N–H and O–H groups in total. The summed E-state index contributed by atoms with van der Waals surface area (Å²) in [6.45, 7) is 2.07. The number of halogens is 1. The van der Waals surface area contributed by atoms with E-state index in [1.807, 2.05) is 12.1 Å². The number of alkyl halides is 1. The van der Waals surface area contributed by atoms with E-state index in [4.69, 9.17) is 22.0 Å². The number of fused-ring (bicyclic) bond motifs is 1. The van der Waals surface area contributed by atoms with Crippen LogP contribution in [0.25, 0.3) is 11.0 Å². The molecule has 0 saturated carbocycles. The fourth-order valence-electron chi connectivity index (χ4n) is 2.68. The van der Waals surface area contributed by atoms with Gasteiger partial charge in [-0.1, -0.05) is 12.8 Å². The lowest BCUT2D eigenvalue weighted by Crippen LogP contribution is -2.24. The van der Waals surface area contributed by atoms with E-state index in [2.05, 4.69) is 20.2 Å². The van der Waals surface area contributed by atoms with Gasteiger partial charge in [0.15, 0.2) is 11.0 Å². The molecule has 6 nitrogen and oxygen atoms in total. The largest absolute Gasteiger partial charge is 0.386 e. The molecule has 0 amide bonds. The Bertz CT molecular complexity index is 646. The standard InChI is InChI=1S/C14H18ClN5O/c15-9-12(16)17-10-5-6-11(14-13(10)18-21-19-14)20-7-3-1-2-4-8-20/h5-6H,1-4,7-9H2,(H2,16,17). The quantitative estimate of drug-likeness (QED) is 0.536. The van der Waals surface area contributed by atoms with Crippen LogP contribution in [0.5, 0.6) is 0 Å². The maximum absolute atomic E-state index is 5.70. The predicted octanol–water partition coefficient (Wildman–Crippen LogP) is 2.83. The molecule has 0 aliphatic carbocycles. The van der Waals surface area contributed by atoms with Gasteiger partial charge >= 0.3 is 0 Å². The molecule has 2 heterocycles. The van der Waals surface area contributed by atoms with Gasteiger partial charge in [0.05, 0.1) is 17.3 Å². The molecule has 0 unspecified atom stereocenters. The number of amidine groups is 1. The Hall–Kier alpha value is -1.82. The number of nitrogens with zero attached hydrogens (tertiary/aromatic N) is 4. The zero-order chi connectivity index (χ0) is 14.7. The number of nitrogens with two attached hydrogens (primary N) is 1. The van der Waals surface area contributed by atoms with E-state index in [1.54, 1.807) is 0 Å². The summed E-state index contributed by atoms with van der Waals surface area (Å²) in [5, 5.41) is 8.01. The average molecular weight is 308 g/mol. The van der Waals surface area contributed by atoms with Crippen molar-refractivity contribution in [2.75, 3.05) is 23.9 Å². The summed E-state index contributed by atoms with van der Waals surface area (Å²) in [6.07, 6.45) is 4.97. The van der Waals surface area contributed by atoms with Gasteiger partial charge in [-0.3, -0.25) is 0 Å². The van der Waals surface area contributed by atoms with Gasteiger partial charge in [-0.15, -0.1) is 11.6 Å². The van der Waals surface area contributed by atoms with Crippen molar-refractivity contribution in [3.05, 3.63) is 12.1 Å². The SMILES string of the molecule is NC(CCl)=Nc1ccc(N2CCCCCC2)c2nonc12. The first-order valence-electron chi connectivity index (χ1n) is 7.19. The van der Waals surface area contributed by atoms with Crippen molar-refractivity contribution in [2.45, 2.75) is 25.7 Å². The predicted molar refractivity (Wildman–Crippen MR) is 84.5 cm³/mol. The number of aromatic nitrogens is 2. The van der Waals surface area contributed by atoms with Gasteiger partial charge < -0.3 is 10.6 Å². The summed E-state index contributed by atoms with van der Waals surface area (Å²) >= 11 is 5.67. The Kier molecular flexibility index (Phi) is 4.24. The van der Waals surface area contributed by atoms with Gasteiger partial charge in [-0.2, -0.15) is 0 Å². The molecule has 1 aliphatic rings. The third kappa shape index (κ3) is 2.95. The van der Waals surface area contributed by atoms with E-state index in [0.29, 0.717) is 17.0 Å². The number of rotatable bonds is 3. The van der Waals surface area contributed by atoms with Crippen LogP contribution in [0.2, 0.25) is 0 Å². The molecule has 0 radical (unpaired) electrons. The molecule has 1 fully saturated rings. The number of aliphatic imine (C=N–C) groups is 1. The van der Waals surface area contributed by atoms with Gasteiger partial charge in [0.2, 0.25) is 0 Å². The number of benzene rings is 1. The van der Waals surface area contributed by atoms with Crippen LogP contribution in [-0.4, -0.2) is 35.1 Å². The van der Waals surface area contributed by atoms with E-state index in [1.165, 1.54) is 25.7 Å². The van der Waals surface area contributed by atoms with E-state index < -0.39 is 0 Å². The molecule has 112 valence electrons. The second-order valence-electron chi connectivity index (χ2n) is 5.20. The van der Waals surface area contributed by atoms with Gasteiger partial charge in [0, 0.05) is 13.1 Å². The van der Waals surface area contributed by atoms with Crippen molar-refractivity contribution in [2.24, 2.45) is 10.7 Å². The lowest BCUT2D eigenvalue weighted by Gasteiger charge is -2.22. The van der Waals surface area contributed by atoms with Crippen LogP contribution in [0.4, 0.5) is 11.4 Å². The van der Waals surface area contributed by atoms with Crippen LogP contribution < -0.4 is 10.6 Å². The number of hydrogen-bond acceptors (Lipinski definition) is 5. The zero-order valence-corrected chi connectivity index (χ0v) is 12.5. The van der Waals surface area contributed by atoms with Crippen molar-refractivity contribution in [3.8, 4) is 0 Å². The fraction of sp³-hybridized carbons (Fsp3) is 0.500. The monoisotopic (exact) mass is 307 g/mol. The highest BCUT2D eigenvalue weighted by Gasteiger charge is 2.17. The zero-order valence-electron chi connectivity index (χ0n) is 11.8. The number of anilines is 1. The van der Waals surface area contributed by atoms with E-state index >= 15 is 0 Å². The number of hydrogen-bond donors (Lipinski definition) is 1. The minimum Gasteiger partial charge on any atom is -0.386 e. The molecular formula is C14H18ClN5O. The normalized spacial score (nSPS) is 17.2. The fourth-order valence-corrected chi connectivity index (χ4v) is 2.74. The van der Waals surface area contributed by atoms with Crippen LogP contribution in [0, 0.1) is 0 Å². The van der Waals surface area contributed by atoms with Gasteiger partial charge in [-0.05, 0) is 35.3 Å². The third-order valence-electron chi connectivity index (χ3n) is 3.72. The van der Waals surface area contributed by atoms with E-state index in [-0.39, 0.29) is 5.88 Å². The summed E-state index contributed by atoms with van der Waals surface area (Å²) < 4.78 is 4.91. The Morgan fingerprint density at radius 2 is 1.90 bits per heavy atom. The topological polar surface area (TPSA) is 80.5 Å². The second-order valence-corrected chi connectivity index (χ2v) is 5.47. The first kappa shape index (κ1) is 14.1. The van der Waals surface area contributed by atoms with Crippen LogP contribution >= 0.6 is 11.6 Å².